The van der Waals surface area contributed by atoms with Crippen molar-refractivity contribution in [3.05, 3.63) is 78.3 Å². The number of rotatable bonds is 2. The number of nitrogens with zero attached hydrogens (tertiary/aromatic N) is 2. The summed E-state index contributed by atoms with van der Waals surface area (Å²) in [5.74, 6) is 0. The molecular formula is C16H12N2O. The lowest BCUT2D eigenvalue weighted by atomic mass is 10.0. The summed E-state index contributed by atoms with van der Waals surface area (Å²) in [6.07, 6.45) is 2.95. The molecule has 0 saturated heterocycles. The molecule has 3 heteroatoms. The third kappa shape index (κ3) is 2.18. The van der Waals surface area contributed by atoms with E-state index >= 15 is 0 Å². The highest BCUT2D eigenvalue weighted by atomic mass is 16.5. The largest absolute Gasteiger partial charge is 0.618 e. The van der Waals surface area contributed by atoms with Crippen LogP contribution in [0.4, 0.5) is 0 Å². The van der Waals surface area contributed by atoms with Crippen LogP contribution in [0.1, 0.15) is 0 Å². The minimum Gasteiger partial charge on any atom is -0.618 e. The highest BCUT2D eigenvalue weighted by Gasteiger charge is 2.17. The maximum absolute atomic E-state index is 12.1. The third-order valence-electron chi connectivity index (χ3n) is 2.94. The summed E-state index contributed by atoms with van der Waals surface area (Å²) in [5, 5.41) is 12.1. The predicted molar refractivity (Wildman–Crippen MR) is 74.1 cm³/mol. The summed E-state index contributed by atoms with van der Waals surface area (Å²) < 4.78 is 0.866. The second-order valence-corrected chi connectivity index (χ2v) is 4.18. The summed E-state index contributed by atoms with van der Waals surface area (Å²) in [7, 11) is 0. The Labute approximate surface area is 111 Å². The molecule has 3 rings (SSSR count). The molecular weight excluding hydrogens is 236 g/mol. The Balaban J connectivity index is 2.25. The van der Waals surface area contributed by atoms with Gasteiger partial charge in [0.1, 0.15) is 5.69 Å². The van der Waals surface area contributed by atoms with Crippen molar-refractivity contribution in [2.24, 2.45) is 0 Å². The molecule has 0 fully saturated rings. The molecule has 0 radical (unpaired) electrons. The van der Waals surface area contributed by atoms with Crippen LogP contribution >= 0.6 is 0 Å². The average Bonchev–Trinajstić information content (AvgIpc) is 2.49. The lowest BCUT2D eigenvalue weighted by Gasteiger charge is -2.08. The van der Waals surface area contributed by atoms with Crippen molar-refractivity contribution >= 4 is 0 Å². The van der Waals surface area contributed by atoms with E-state index in [0.717, 1.165) is 15.9 Å². The van der Waals surface area contributed by atoms with Gasteiger partial charge in [0.25, 0.3) is 0 Å². The fraction of sp³-hybridized carbons (Fsp3) is 0. The second kappa shape index (κ2) is 4.90. The van der Waals surface area contributed by atoms with E-state index in [0.29, 0.717) is 11.4 Å². The van der Waals surface area contributed by atoms with Gasteiger partial charge in [0.2, 0.25) is 5.69 Å². The van der Waals surface area contributed by atoms with Gasteiger partial charge in [-0.15, -0.1) is 0 Å². The van der Waals surface area contributed by atoms with Crippen molar-refractivity contribution < 1.29 is 4.73 Å². The van der Waals surface area contributed by atoms with Gasteiger partial charge in [-0.1, -0.05) is 48.5 Å². The van der Waals surface area contributed by atoms with Crippen LogP contribution in [0.15, 0.2) is 73.1 Å². The van der Waals surface area contributed by atoms with Crippen LogP contribution in [0.5, 0.6) is 0 Å². The SMILES string of the molecule is [O-][n+]1ccnc(-c2ccccc2)c1-c1ccccc1. The summed E-state index contributed by atoms with van der Waals surface area (Å²) in [4.78, 5) is 4.37. The molecule has 0 bridgehead atoms. The maximum atomic E-state index is 12.1. The van der Waals surface area contributed by atoms with Crippen LogP contribution in [-0.4, -0.2) is 4.98 Å². The molecule has 0 aliphatic carbocycles. The Kier molecular flexibility index (Phi) is 2.94. The van der Waals surface area contributed by atoms with Gasteiger partial charge in [0.15, 0.2) is 6.20 Å². The van der Waals surface area contributed by atoms with Crippen molar-refractivity contribution in [3.8, 4) is 22.5 Å². The van der Waals surface area contributed by atoms with Gasteiger partial charge < -0.3 is 5.21 Å². The zero-order valence-corrected chi connectivity index (χ0v) is 10.2. The number of aromatic nitrogens is 2. The summed E-state index contributed by atoms with van der Waals surface area (Å²) in [6, 6.07) is 19.3. The van der Waals surface area contributed by atoms with Crippen molar-refractivity contribution in [1.82, 2.24) is 4.98 Å². The van der Waals surface area contributed by atoms with E-state index in [9.17, 15) is 5.21 Å². The predicted octanol–water partition coefficient (Wildman–Crippen LogP) is 3.05. The monoisotopic (exact) mass is 248 g/mol. The number of benzene rings is 2. The van der Waals surface area contributed by atoms with E-state index in [4.69, 9.17) is 0 Å². The molecule has 1 aromatic heterocycles. The van der Waals surface area contributed by atoms with E-state index < -0.39 is 0 Å². The minimum absolute atomic E-state index is 0.578. The first-order valence-electron chi connectivity index (χ1n) is 6.05. The zero-order chi connectivity index (χ0) is 13.1. The number of hydrogen-bond donors (Lipinski definition) is 0. The van der Waals surface area contributed by atoms with Crippen LogP contribution in [0, 0.1) is 5.21 Å². The lowest BCUT2D eigenvalue weighted by Crippen LogP contribution is -2.29. The van der Waals surface area contributed by atoms with Gasteiger partial charge in [0.05, 0.1) is 6.20 Å². The number of hydrogen-bond acceptors (Lipinski definition) is 2. The normalized spacial score (nSPS) is 10.3. The standard InChI is InChI=1S/C16H12N2O/c19-18-12-11-17-15(13-7-3-1-4-8-13)16(18)14-9-5-2-6-10-14/h1-12H. The Hall–Kier alpha value is -2.68. The van der Waals surface area contributed by atoms with Crippen molar-refractivity contribution in [2.75, 3.05) is 0 Å². The van der Waals surface area contributed by atoms with Crippen LogP contribution < -0.4 is 4.73 Å². The van der Waals surface area contributed by atoms with Crippen LogP contribution in [0.2, 0.25) is 0 Å². The molecule has 2 aromatic carbocycles. The Morgan fingerprint density at radius 1 is 0.789 bits per heavy atom. The second-order valence-electron chi connectivity index (χ2n) is 4.18. The van der Waals surface area contributed by atoms with Crippen molar-refractivity contribution in [2.45, 2.75) is 0 Å². The Bertz CT molecular complexity index is 682. The molecule has 0 unspecified atom stereocenters. The van der Waals surface area contributed by atoms with Crippen LogP contribution in [-0.2, 0) is 0 Å². The Morgan fingerprint density at radius 3 is 2.00 bits per heavy atom. The fourth-order valence-electron chi connectivity index (χ4n) is 2.08. The van der Waals surface area contributed by atoms with Gasteiger partial charge in [-0.2, -0.15) is 4.73 Å². The van der Waals surface area contributed by atoms with Gasteiger partial charge in [0, 0.05) is 11.1 Å². The van der Waals surface area contributed by atoms with Crippen LogP contribution in [0.3, 0.4) is 0 Å². The quantitative estimate of drug-likeness (QED) is 0.516. The average molecular weight is 248 g/mol. The molecule has 0 spiro atoms. The van der Waals surface area contributed by atoms with Gasteiger partial charge in [-0.3, -0.25) is 0 Å². The smallest absolute Gasteiger partial charge is 0.250 e. The maximum Gasteiger partial charge on any atom is 0.250 e. The van der Waals surface area contributed by atoms with Gasteiger partial charge in [-0.05, 0) is 12.1 Å². The first-order valence-corrected chi connectivity index (χ1v) is 6.05. The fourth-order valence-corrected chi connectivity index (χ4v) is 2.08. The minimum atomic E-state index is 0.578. The summed E-state index contributed by atoms with van der Waals surface area (Å²) in [6.45, 7) is 0. The molecule has 19 heavy (non-hydrogen) atoms. The zero-order valence-electron chi connectivity index (χ0n) is 10.2. The Morgan fingerprint density at radius 2 is 1.37 bits per heavy atom. The topological polar surface area (TPSA) is 39.8 Å². The lowest BCUT2D eigenvalue weighted by molar-refractivity contribution is -0.593. The van der Waals surface area contributed by atoms with Gasteiger partial charge >= 0.3 is 0 Å². The van der Waals surface area contributed by atoms with E-state index in [-0.39, 0.29) is 0 Å². The molecule has 92 valence electrons. The molecule has 1 heterocycles. The van der Waals surface area contributed by atoms with Crippen molar-refractivity contribution in [3.63, 3.8) is 0 Å². The molecule has 0 saturated carbocycles. The highest BCUT2D eigenvalue weighted by molar-refractivity contribution is 5.75. The summed E-state index contributed by atoms with van der Waals surface area (Å²) >= 11 is 0. The molecule has 0 N–H and O–H groups in total. The molecule has 0 amide bonds. The molecule has 3 aromatic rings. The summed E-state index contributed by atoms with van der Waals surface area (Å²) in [5.41, 5.74) is 3.08. The van der Waals surface area contributed by atoms with E-state index in [1.807, 2.05) is 60.7 Å². The molecule has 0 aliphatic heterocycles. The first-order chi connectivity index (χ1) is 9.36. The first kappa shape index (κ1) is 11.4. The third-order valence-corrected chi connectivity index (χ3v) is 2.94. The van der Waals surface area contributed by atoms with Crippen molar-refractivity contribution in [1.29, 1.82) is 0 Å². The van der Waals surface area contributed by atoms with E-state index in [1.165, 1.54) is 12.4 Å². The van der Waals surface area contributed by atoms with E-state index in [1.54, 1.807) is 0 Å². The van der Waals surface area contributed by atoms with Crippen LogP contribution in [0.25, 0.3) is 22.5 Å². The van der Waals surface area contributed by atoms with E-state index in [2.05, 4.69) is 4.98 Å². The molecule has 3 nitrogen and oxygen atoms in total. The highest BCUT2D eigenvalue weighted by Crippen LogP contribution is 2.26. The molecule has 0 aliphatic rings. The van der Waals surface area contributed by atoms with Gasteiger partial charge in [-0.25, -0.2) is 4.98 Å². The molecule has 0 atom stereocenters.